The van der Waals surface area contributed by atoms with E-state index in [9.17, 15) is 14.9 Å². The van der Waals surface area contributed by atoms with Crippen LogP contribution in [0.15, 0.2) is 18.2 Å². The molecule has 9 heteroatoms. The summed E-state index contributed by atoms with van der Waals surface area (Å²) < 4.78 is 0. The molecule has 1 fully saturated rings. The Bertz CT molecular complexity index is 608. The Morgan fingerprint density at radius 2 is 2.09 bits per heavy atom. The molecular weight excluding hydrogens is 302 g/mol. The van der Waals surface area contributed by atoms with Gasteiger partial charge in [-0.2, -0.15) is 5.26 Å². The highest BCUT2D eigenvalue weighted by Crippen LogP contribution is 2.27. The van der Waals surface area contributed by atoms with E-state index in [2.05, 4.69) is 10.6 Å². The second-order valence-corrected chi connectivity index (χ2v) is 4.96. The highest BCUT2D eigenvalue weighted by atomic mass is 16.6. The maximum atomic E-state index is 10.6. The lowest BCUT2D eigenvalue weighted by molar-refractivity contribution is -0.384. The van der Waals surface area contributed by atoms with Crippen molar-refractivity contribution in [3.05, 3.63) is 33.9 Å². The predicted octanol–water partition coefficient (Wildman–Crippen LogP) is -0.142. The Balaban J connectivity index is 0.000000322. The molecule has 23 heavy (non-hydrogen) atoms. The van der Waals surface area contributed by atoms with Crippen LogP contribution in [0.1, 0.15) is 18.4 Å². The molecule has 1 amide bonds. The second kappa shape index (κ2) is 8.67. The molecule has 1 aliphatic rings. The molecular formula is C14H19N5O4. The van der Waals surface area contributed by atoms with Gasteiger partial charge in [0.1, 0.15) is 12.1 Å². The molecule has 1 atom stereocenters. The van der Waals surface area contributed by atoms with E-state index in [4.69, 9.17) is 16.1 Å². The van der Waals surface area contributed by atoms with E-state index in [1.807, 2.05) is 6.07 Å². The van der Waals surface area contributed by atoms with Gasteiger partial charge in [0, 0.05) is 25.2 Å². The number of nitriles is 1. The van der Waals surface area contributed by atoms with Crippen LogP contribution in [0.2, 0.25) is 0 Å². The minimum atomic E-state index is -0.903. The Morgan fingerprint density at radius 3 is 2.48 bits per heavy atom. The summed E-state index contributed by atoms with van der Waals surface area (Å²) in [5, 5.41) is 27.6. The van der Waals surface area contributed by atoms with Gasteiger partial charge in [-0.05, 0) is 18.9 Å². The number of nitro groups is 1. The van der Waals surface area contributed by atoms with Gasteiger partial charge in [0.25, 0.3) is 5.69 Å². The van der Waals surface area contributed by atoms with Crippen LogP contribution in [-0.4, -0.2) is 41.7 Å². The number of rotatable bonds is 4. The summed E-state index contributed by atoms with van der Waals surface area (Å²) in [7, 11) is 0. The monoisotopic (exact) mass is 321 g/mol. The van der Waals surface area contributed by atoms with E-state index in [1.54, 1.807) is 6.07 Å². The molecule has 0 radical (unpaired) electrons. The topological polar surface area (TPSA) is 160 Å². The number of nitro benzene ring substituents is 1. The van der Waals surface area contributed by atoms with Crippen LogP contribution in [0, 0.1) is 21.4 Å². The van der Waals surface area contributed by atoms with Gasteiger partial charge in [-0.3, -0.25) is 14.9 Å². The fraction of sp³-hybridized carbons (Fsp3) is 0.429. The number of amides is 1. The molecule has 1 aromatic carbocycles. The fourth-order valence-corrected chi connectivity index (χ4v) is 2.05. The lowest BCUT2D eigenvalue weighted by Crippen LogP contribution is -2.39. The number of carbonyl (C=O) groups is 1. The van der Waals surface area contributed by atoms with E-state index < -0.39 is 16.9 Å². The van der Waals surface area contributed by atoms with Gasteiger partial charge in [0.05, 0.1) is 22.8 Å². The quantitative estimate of drug-likeness (QED) is 0.513. The van der Waals surface area contributed by atoms with Gasteiger partial charge < -0.3 is 21.5 Å². The number of hydrogen-bond acceptors (Lipinski definition) is 7. The van der Waals surface area contributed by atoms with Crippen molar-refractivity contribution in [3.8, 4) is 6.07 Å². The average Bonchev–Trinajstić information content (AvgIpc) is 3.08. The lowest BCUT2D eigenvalue weighted by Gasteiger charge is -2.18. The van der Waals surface area contributed by atoms with Crippen LogP contribution in [0.3, 0.4) is 0 Å². The van der Waals surface area contributed by atoms with Crippen molar-refractivity contribution in [2.24, 2.45) is 11.5 Å². The Hall–Kier alpha value is -2.70. The van der Waals surface area contributed by atoms with E-state index in [0.29, 0.717) is 5.56 Å². The molecule has 0 unspecified atom stereocenters. The summed E-state index contributed by atoms with van der Waals surface area (Å²) in [5.41, 5.74) is 10.7. The van der Waals surface area contributed by atoms with Crippen molar-refractivity contribution in [2.75, 3.05) is 24.6 Å². The zero-order chi connectivity index (χ0) is 17.4. The second-order valence-electron chi connectivity index (χ2n) is 4.96. The van der Waals surface area contributed by atoms with Crippen LogP contribution < -0.4 is 16.4 Å². The average molecular weight is 321 g/mol. The van der Waals surface area contributed by atoms with Crippen LogP contribution in [0.4, 0.5) is 11.4 Å². The summed E-state index contributed by atoms with van der Waals surface area (Å²) in [5.74, 6) is -0.678. The third-order valence-corrected chi connectivity index (χ3v) is 3.32. The minimum Gasteiger partial charge on any atom is -0.394 e. The van der Waals surface area contributed by atoms with E-state index in [0.717, 1.165) is 31.6 Å². The molecule has 5 N–H and O–H groups in total. The van der Waals surface area contributed by atoms with Crippen LogP contribution >= 0.6 is 0 Å². The maximum Gasteiger partial charge on any atom is 0.270 e. The molecule has 0 bridgehead atoms. The first-order valence-corrected chi connectivity index (χ1v) is 7.00. The highest BCUT2D eigenvalue weighted by Gasteiger charge is 2.18. The number of carbonyl (C=O) groups excluding carboxylic acids is 1. The molecule has 0 saturated carbocycles. The first-order chi connectivity index (χ1) is 10.9. The molecule has 1 aromatic rings. The van der Waals surface area contributed by atoms with Crippen molar-refractivity contribution in [1.82, 2.24) is 0 Å². The third kappa shape index (κ3) is 5.21. The number of aliphatic hydroxyl groups excluding tert-OH is 1. The van der Waals surface area contributed by atoms with Gasteiger partial charge in [-0.1, -0.05) is 0 Å². The molecule has 1 saturated heterocycles. The third-order valence-electron chi connectivity index (χ3n) is 3.32. The van der Waals surface area contributed by atoms with E-state index in [-0.39, 0.29) is 12.3 Å². The molecule has 2 rings (SSSR count). The maximum absolute atomic E-state index is 10.6. The number of nitrogens with zero attached hydrogens (tertiary/aromatic N) is 3. The summed E-state index contributed by atoms with van der Waals surface area (Å²) in [6, 6.07) is 5.58. The number of nitrogens with two attached hydrogens (primary N) is 2. The zero-order valence-electron chi connectivity index (χ0n) is 12.5. The van der Waals surface area contributed by atoms with Crippen molar-refractivity contribution in [2.45, 2.75) is 18.9 Å². The summed E-state index contributed by atoms with van der Waals surface area (Å²) in [4.78, 5) is 22.1. The SMILES string of the molecule is N#Cc1cc([N+](=O)[O-])ccc1N1CCCC1.NC(=O)[C@@H](N)CO. The molecule has 9 nitrogen and oxygen atoms in total. The fourth-order valence-electron chi connectivity index (χ4n) is 2.05. The molecule has 0 aliphatic carbocycles. The van der Waals surface area contributed by atoms with Crippen molar-refractivity contribution in [3.63, 3.8) is 0 Å². The van der Waals surface area contributed by atoms with Crippen molar-refractivity contribution >= 4 is 17.3 Å². The summed E-state index contributed by atoms with van der Waals surface area (Å²) in [6.07, 6.45) is 2.23. The van der Waals surface area contributed by atoms with Gasteiger partial charge in [-0.15, -0.1) is 0 Å². The van der Waals surface area contributed by atoms with Crippen molar-refractivity contribution in [1.29, 1.82) is 5.26 Å². The molecule has 124 valence electrons. The molecule has 0 aromatic heterocycles. The van der Waals surface area contributed by atoms with E-state index in [1.165, 1.54) is 12.1 Å². The smallest absolute Gasteiger partial charge is 0.270 e. The summed E-state index contributed by atoms with van der Waals surface area (Å²) in [6.45, 7) is 1.47. The highest BCUT2D eigenvalue weighted by molar-refractivity contribution is 5.79. The number of benzene rings is 1. The van der Waals surface area contributed by atoms with Crippen molar-refractivity contribution < 1.29 is 14.8 Å². The zero-order valence-corrected chi connectivity index (χ0v) is 12.5. The Kier molecular flexibility index (Phi) is 6.92. The largest absolute Gasteiger partial charge is 0.394 e. The van der Waals surface area contributed by atoms with Gasteiger partial charge in [0.2, 0.25) is 5.91 Å². The number of anilines is 1. The van der Waals surface area contributed by atoms with Gasteiger partial charge in [-0.25, -0.2) is 0 Å². The molecule has 1 aliphatic heterocycles. The summed E-state index contributed by atoms with van der Waals surface area (Å²) >= 11 is 0. The number of aliphatic hydroxyl groups is 1. The number of primary amides is 1. The van der Waals surface area contributed by atoms with Crippen LogP contribution in [-0.2, 0) is 4.79 Å². The predicted molar refractivity (Wildman–Crippen MR) is 83.5 cm³/mol. The normalized spacial score (nSPS) is 14.4. The van der Waals surface area contributed by atoms with E-state index >= 15 is 0 Å². The first-order valence-electron chi connectivity index (χ1n) is 7.00. The van der Waals surface area contributed by atoms with Crippen LogP contribution in [0.5, 0.6) is 0 Å². The van der Waals surface area contributed by atoms with Crippen LogP contribution in [0.25, 0.3) is 0 Å². The Labute approximate surface area is 133 Å². The first kappa shape index (κ1) is 18.3. The minimum absolute atomic E-state index is 0.0282. The Morgan fingerprint density at radius 1 is 1.48 bits per heavy atom. The van der Waals surface area contributed by atoms with Gasteiger partial charge in [0.15, 0.2) is 0 Å². The van der Waals surface area contributed by atoms with Gasteiger partial charge >= 0.3 is 0 Å². The number of non-ortho nitro benzene ring substituents is 1. The molecule has 0 spiro atoms. The standard InChI is InChI=1S/C11H11N3O2.C3H8N2O2/c12-8-9-7-10(14(15)16)3-4-11(9)13-5-1-2-6-13;4-2(1-6)3(5)7/h3-4,7H,1-2,5-6H2;2,6H,1,4H2,(H2,5,7)/t;2-/m.0/s1. The number of hydrogen-bond donors (Lipinski definition) is 3. The lowest BCUT2D eigenvalue weighted by atomic mass is 10.1. The molecule has 1 heterocycles.